The van der Waals surface area contributed by atoms with E-state index in [1.54, 1.807) is 12.1 Å². The van der Waals surface area contributed by atoms with Gasteiger partial charge in [-0.25, -0.2) is 0 Å². The Morgan fingerprint density at radius 3 is 2.67 bits per heavy atom. The molecule has 8 heteroatoms. The molecule has 0 radical (unpaired) electrons. The highest BCUT2D eigenvalue weighted by Crippen LogP contribution is 2.40. The Morgan fingerprint density at radius 2 is 2.07 bits per heavy atom. The van der Waals surface area contributed by atoms with Crippen LogP contribution in [0.4, 0.5) is 0 Å². The fourth-order valence-corrected chi connectivity index (χ4v) is 4.05. The zero-order chi connectivity index (χ0) is 19.7. The molecule has 1 spiro atoms. The topological polar surface area (TPSA) is 118 Å². The molecular weight excluding hydrogens is 348 g/mol. The monoisotopic (exact) mass is 376 g/mol. The second kappa shape index (κ2) is 7.53. The summed E-state index contributed by atoms with van der Waals surface area (Å²) in [6.45, 7) is 5.62. The molecule has 0 saturated carbocycles. The number of carbonyl (C=O) groups is 2. The molecule has 2 amide bonds. The third-order valence-corrected chi connectivity index (χ3v) is 5.77. The average molecular weight is 376 g/mol. The minimum atomic E-state index is -0.850. The summed E-state index contributed by atoms with van der Waals surface area (Å²) in [5.41, 5.74) is 5.05. The first-order valence-corrected chi connectivity index (χ1v) is 9.32. The molecule has 0 aromatic carbocycles. The number of piperidine rings is 1. The molecule has 3 heterocycles. The summed E-state index contributed by atoms with van der Waals surface area (Å²) in [5, 5.41) is 14.1. The second-order valence-electron chi connectivity index (χ2n) is 7.87. The van der Waals surface area contributed by atoms with Crippen LogP contribution in [0, 0.1) is 6.92 Å². The van der Waals surface area contributed by atoms with Crippen molar-refractivity contribution in [2.45, 2.75) is 50.4 Å². The Kier molecular flexibility index (Phi) is 5.50. The van der Waals surface area contributed by atoms with Crippen molar-refractivity contribution in [1.29, 1.82) is 0 Å². The molecule has 3 rings (SSSR count). The van der Waals surface area contributed by atoms with E-state index in [-0.39, 0.29) is 18.4 Å². The Morgan fingerprint density at radius 1 is 1.37 bits per heavy atom. The zero-order valence-corrected chi connectivity index (χ0v) is 15.9. The van der Waals surface area contributed by atoms with Crippen LogP contribution in [0.5, 0.6) is 0 Å². The number of likely N-dealkylation sites (tertiary alicyclic amines) is 1. The van der Waals surface area contributed by atoms with E-state index in [1.165, 1.54) is 6.20 Å². The number of primary amides is 1. The second-order valence-corrected chi connectivity index (χ2v) is 7.87. The highest BCUT2D eigenvalue weighted by molar-refractivity contribution is 5.94. The van der Waals surface area contributed by atoms with Crippen molar-refractivity contribution in [3.63, 3.8) is 0 Å². The molecule has 0 aliphatic carbocycles. The molecule has 4 N–H and O–H groups in total. The first-order valence-electron chi connectivity index (χ1n) is 9.32. The Labute approximate surface area is 159 Å². The Hall–Kier alpha value is -2.03. The maximum absolute atomic E-state index is 12.7. The van der Waals surface area contributed by atoms with E-state index in [1.807, 2.05) is 18.7 Å². The van der Waals surface area contributed by atoms with Crippen LogP contribution in [0.25, 0.3) is 0 Å². The number of aliphatic hydroxyl groups excluding tert-OH is 1. The number of ether oxygens (including phenoxy) is 1. The summed E-state index contributed by atoms with van der Waals surface area (Å²) in [7, 11) is 0. The van der Waals surface area contributed by atoms with Gasteiger partial charge in [-0.2, -0.15) is 0 Å². The van der Waals surface area contributed by atoms with Gasteiger partial charge < -0.3 is 20.9 Å². The first-order chi connectivity index (χ1) is 12.7. The molecule has 1 aromatic rings. The molecule has 8 nitrogen and oxygen atoms in total. The van der Waals surface area contributed by atoms with Crippen LogP contribution >= 0.6 is 0 Å². The number of nitrogens with zero attached hydrogens (tertiary/aromatic N) is 2. The largest absolute Gasteiger partial charge is 0.388 e. The lowest BCUT2D eigenvalue weighted by atomic mass is 9.73. The van der Waals surface area contributed by atoms with Crippen molar-refractivity contribution < 1.29 is 19.4 Å². The van der Waals surface area contributed by atoms with E-state index in [4.69, 9.17) is 10.5 Å². The molecule has 2 aliphatic heterocycles. The highest BCUT2D eigenvalue weighted by atomic mass is 16.5. The van der Waals surface area contributed by atoms with Gasteiger partial charge in [0.1, 0.15) is 6.10 Å². The van der Waals surface area contributed by atoms with Crippen LogP contribution in [0.3, 0.4) is 0 Å². The molecule has 0 unspecified atom stereocenters. The maximum atomic E-state index is 12.7. The molecular formula is C19H28N4O4. The Bertz CT molecular complexity index is 700. The van der Waals surface area contributed by atoms with Gasteiger partial charge >= 0.3 is 0 Å². The van der Waals surface area contributed by atoms with Gasteiger partial charge in [-0.15, -0.1) is 0 Å². The van der Waals surface area contributed by atoms with Crippen LogP contribution in [-0.4, -0.2) is 70.3 Å². The SMILES string of the molecule is Cc1ccc(C(=O)N[C@@]2(C)CCOC3(CCN(CC(N)=O)CC3)[C@@H]2O)cn1. The van der Waals surface area contributed by atoms with Gasteiger partial charge in [0.15, 0.2) is 0 Å². The van der Waals surface area contributed by atoms with Gasteiger partial charge in [-0.3, -0.25) is 19.5 Å². The van der Waals surface area contributed by atoms with Crippen molar-refractivity contribution in [3.8, 4) is 0 Å². The summed E-state index contributed by atoms with van der Waals surface area (Å²) in [6.07, 6.45) is 2.37. The van der Waals surface area contributed by atoms with E-state index < -0.39 is 17.2 Å². The van der Waals surface area contributed by atoms with Crippen LogP contribution in [-0.2, 0) is 9.53 Å². The molecule has 2 atom stereocenters. The fraction of sp³-hybridized carbons (Fsp3) is 0.632. The lowest BCUT2D eigenvalue weighted by molar-refractivity contribution is -0.205. The normalized spacial score (nSPS) is 28.0. The predicted octanol–water partition coefficient (Wildman–Crippen LogP) is -0.0204. The smallest absolute Gasteiger partial charge is 0.253 e. The summed E-state index contributed by atoms with van der Waals surface area (Å²) in [6, 6.07) is 3.51. The molecule has 148 valence electrons. The number of hydrogen-bond donors (Lipinski definition) is 3. The number of rotatable bonds is 4. The highest BCUT2D eigenvalue weighted by Gasteiger charge is 2.53. The third-order valence-electron chi connectivity index (χ3n) is 5.77. The maximum Gasteiger partial charge on any atom is 0.253 e. The lowest BCUT2D eigenvalue weighted by Crippen LogP contribution is -2.69. The van der Waals surface area contributed by atoms with Crippen molar-refractivity contribution in [2.24, 2.45) is 5.73 Å². The minimum Gasteiger partial charge on any atom is -0.388 e. The molecule has 0 bridgehead atoms. The standard InChI is InChI=1S/C19H28N4O4/c1-13-3-4-14(11-21-13)16(25)22-18(2)7-10-27-19(17(18)26)5-8-23(9-6-19)12-15(20)24/h3-4,11,17,26H,5-10,12H2,1-2H3,(H2,20,24)(H,22,25)/t17-,18+/m1/s1. The number of aryl methyl sites for hydroxylation is 1. The first kappa shape index (κ1) is 19.7. The van der Waals surface area contributed by atoms with E-state index in [9.17, 15) is 14.7 Å². The van der Waals surface area contributed by atoms with E-state index >= 15 is 0 Å². The van der Waals surface area contributed by atoms with Crippen LogP contribution in [0.15, 0.2) is 18.3 Å². The van der Waals surface area contributed by atoms with Crippen LogP contribution in [0.1, 0.15) is 42.2 Å². The van der Waals surface area contributed by atoms with Crippen LogP contribution in [0.2, 0.25) is 0 Å². The van der Waals surface area contributed by atoms with E-state index in [2.05, 4.69) is 10.3 Å². The summed E-state index contributed by atoms with van der Waals surface area (Å²) in [5.74, 6) is -0.618. The zero-order valence-electron chi connectivity index (χ0n) is 15.9. The number of hydrogen-bond acceptors (Lipinski definition) is 6. The molecule has 2 saturated heterocycles. The molecule has 2 fully saturated rings. The van der Waals surface area contributed by atoms with E-state index in [0.717, 1.165) is 5.69 Å². The van der Waals surface area contributed by atoms with Gasteiger partial charge in [0.05, 0.1) is 23.2 Å². The number of aliphatic hydroxyl groups is 1. The third kappa shape index (κ3) is 4.12. The summed E-state index contributed by atoms with van der Waals surface area (Å²) < 4.78 is 6.01. The number of pyridine rings is 1. The number of carbonyl (C=O) groups excluding carboxylic acids is 2. The van der Waals surface area contributed by atoms with Gasteiger partial charge in [-0.05, 0) is 45.2 Å². The summed E-state index contributed by atoms with van der Waals surface area (Å²) >= 11 is 0. The quantitative estimate of drug-likeness (QED) is 0.680. The van der Waals surface area contributed by atoms with Crippen LogP contribution < -0.4 is 11.1 Å². The fourth-order valence-electron chi connectivity index (χ4n) is 4.05. The van der Waals surface area contributed by atoms with Gasteiger partial charge in [0.2, 0.25) is 5.91 Å². The number of amides is 2. The number of aromatic nitrogens is 1. The van der Waals surface area contributed by atoms with Gasteiger partial charge in [0, 0.05) is 31.6 Å². The lowest BCUT2D eigenvalue weighted by Gasteiger charge is -2.53. The molecule has 2 aliphatic rings. The number of nitrogens with two attached hydrogens (primary N) is 1. The molecule has 27 heavy (non-hydrogen) atoms. The van der Waals surface area contributed by atoms with Gasteiger partial charge in [-0.1, -0.05) is 0 Å². The van der Waals surface area contributed by atoms with Gasteiger partial charge in [0.25, 0.3) is 5.91 Å². The molecule has 1 aromatic heterocycles. The number of nitrogens with one attached hydrogen (secondary N) is 1. The van der Waals surface area contributed by atoms with Crippen molar-refractivity contribution in [2.75, 3.05) is 26.2 Å². The van der Waals surface area contributed by atoms with Crippen molar-refractivity contribution in [3.05, 3.63) is 29.6 Å². The van der Waals surface area contributed by atoms with Crippen molar-refractivity contribution in [1.82, 2.24) is 15.2 Å². The average Bonchev–Trinajstić information content (AvgIpc) is 2.62. The summed E-state index contributed by atoms with van der Waals surface area (Å²) in [4.78, 5) is 29.9. The van der Waals surface area contributed by atoms with E-state index in [0.29, 0.717) is 44.5 Å². The Balaban J connectivity index is 1.70. The van der Waals surface area contributed by atoms with Crippen molar-refractivity contribution >= 4 is 11.8 Å². The minimum absolute atomic E-state index is 0.209. The predicted molar refractivity (Wildman–Crippen MR) is 99.0 cm³/mol.